The van der Waals surface area contributed by atoms with Crippen LogP contribution in [0.1, 0.15) is 30.5 Å². The van der Waals surface area contributed by atoms with E-state index in [9.17, 15) is 0 Å². The summed E-state index contributed by atoms with van der Waals surface area (Å²) in [5.74, 6) is 0. The summed E-state index contributed by atoms with van der Waals surface area (Å²) >= 11 is 0. The fourth-order valence-electron chi connectivity index (χ4n) is 2.08. The first-order chi connectivity index (χ1) is 9.60. The molecule has 2 rings (SSSR count). The second-order valence-electron chi connectivity index (χ2n) is 5.27. The van der Waals surface area contributed by atoms with E-state index < -0.39 is 0 Å². The van der Waals surface area contributed by atoms with Gasteiger partial charge in [-0.3, -0.25) is 4.98 Å². The Hall–Kier alpha value is -2.18. The molecule has 0 saturated carbocycles. The molecule has 3 nitrogen and oxygen atoms in total. The van der Waals surface area contributed by atoms with Gasteiger partial charge in [0, 0.05) is 30.5 Å². The van der Waals surface area contributed by atoms with Crippen molar-refractivity contribution in [1.29, 1.82) is 5.26 Å². The molecule has 0 amide bonds. The summed E-state index contributed by atoms with van der Waals surface area (Å²) in [6.07, 6.45) is 3.40. The lowest BCUT2D eigenvalue weighted by Crippen LogP contribution is -2.22. The average Bonchev–Trinajstić information content (AvgIpc) is 2.46. The van der Waals surface area contributed by atoms with E-state index in [1.165, 1.54) is 11.1 Å². The number of benzene rings is 1. The van der Waals surface area contributed by atoms with Gasteiger partial charge in [-0.2, -0.15) is 5.26 Å². The predicted molar refractivity (Wildman–Crippen MR) is 81.1 cm³/mol. The fraction of sp³-hybridized carbons (Fsp3) is 0.294. The number of hydrogen-bond donors (Lipinski definition) is 1. The van der Waals surface area contributed by atoms with Gasteiger partial charge in [0.2, 0.25) is 0 Å². The highest BCUT2D eigenvalue weighted by Crippen LogP contribution is 2.25. The molecule has 102 valence electrons. The zero-order valence-electron chi connectivity index (χ0n) is 12.1. The topological polar surface area (TPSA) is 48.7 Å². The van der Waals surface area contributed by atoms with Crippen LogP contribution in [0, 0.1) is 18.3 Å². The van der Waals surface area contributed by atoms with Crippen molar-refractivity contribution in [3.63, 3.8) is 0 Å². The van der Waals surface area contributed by atoms with Gasteiger partial charge in [0.05, 0.1) is 5.56 Å². The molecule has 0 aliphatic rings. The number of hydrogen-bond acceptors (Lipinski definition) is 3. The maximum absolute atomic E-state index is 9.01. The lowest BCUT2D eigenvalue weighted by atomic mass is 9.98. The van der Waals surface area contributed by atoms with E-state index in [4.69, 9.17) is 5.26 Å². The maximum Gasteiger partial charge on any atom is 0.101 e. The van der Waals surface area contributed by atoms with Gasteiger partial charge in [-0.1, -0.05) is 37.6 Å². The molecule has 0 saturated heterocycles. The highest BCUT2D eigenvalue weighted by Gasteiger charge is 2.07. The number of nitriles is 1. The molecule has 0 aliphatic heterocycles. The number of rotatable bonds is 4. The normalized spacial score (nSPS) is 10.6. The smallest absolute Gasteiger partial charge is 0.101 e. The van der Waals surface area contributed by atoms with Gasteiger partial charge < -0.3 is 5.32 Å². The Morgan fingerprint density at radius 2 is 2.05 bits per heavy atom. The minimum absolute atomic E-state index is 0.438. The van der Waals surface area contributed by atoms with Crippen LogP contribution in [-0.2, 0) is 6.54 Å². The Bertz CT molecular complexity index is 639. The average molecular weight is 265 g/mol. The van der Waals surface area contributed by atoms with E-state index >= 15 is 0 Å². The molecule has 1 N–H and O–H groups in total. The van der Waals surface area contributed by atoms with E-state index in [0.717, 1.165) is 17.7 Å². The third kappa shape index (κ3) is 3.43. The number of pyridine rings is 1. The molecule has 0 atom stereocenters. The standard InChI is InChI=1S/C17H19N3/c1-12(2)20-11-15-5-4-13(3)6-17(15)16-7-14(8-18)9-19-10-16/h4-7,9-10,12,20H,11H2,1-3H3. The van der Waals surface area contributed by atoms with Gasteiger partial charge in [0.25, 0.3) is 0 Å². The SMILES string of the molecule is Cc1ccc(CNC(C)C)c(-c2cncc(C#N)c2)c1. The van der Waals surface area contributed by atoms with Crippen LogP contribution in [0.2, 0.25) is 0 Å². The van der Waals surface area contributed by atoms with Gasteiger partial charge in [-0.05, 0) is 24.1 Å². The minimum atomic E-state index is 0.438. The Kier molecular flexibility index (Phi) is 4.49. The van der Waals surface area contributed by atoms with Crippen LogP contribution in [0.25, 0.3) is 11.1 Å². The first-order valence-corrected chi connectivity index (χ1v) is 6.78. The molecule has 0 fully saturated rings. The lowest BCUT2D eigenvalue weighted by molar-refractivity contribution is 0.589. The van der Waals surface area contributed by atoms with Crippen LogP contribution in [0.15, 0.2) is 36.7 Å². The summed E-state index contributed by atoms with van der Waals surface area (Å²) in [5, 5.41) is 12.4. The predicted octanol–water partition coefficient (Wildman–Crippen LogP) is 3.43. The Balaban J connectivity index is 2.43. The quantitative estimate of drug-likeness (QED) is 0.921. The summed E-state index contributed by atoms with van der Waals surface area (Å²) in [5.41, 5.74) is 5.15. The maximum atomic E-state index is 9.01. The molecule has 20 heavy (non-hydrogen) atoms. The molecule has 2 aromatic rings. The summed E-state index contributed by atoms with van der Waals surface area (Å²) in [6.45, 7) is 7.15. The third-order valence-corrected chi connectivity index (χ3v) is 3.14. The molecule has 0 bridgehead atoms. The minimum Gasteiger partial charge on any atom is -0.310 e. The van der Waals surface area contributed by atoms with Crippen molar-refractivity contribution >= 4 is 0 Å². The van der Waals surface area contributed by atoms with Crippen molar-refractivity contribution in [1.82, 2.24) is 10.3 Å². The second kappa shape index (κ2) is 6.31. The second-order valence-corrected chi connectivity index (χ2v) is 5.27. The molecule has 0 spiro atoms. The number of nitrogens with zero attached hydrogens (tertiary/aromatic N) is 2. The lowest BCUT2D eigenvalue weighted by Gasteiger charge is -2.13. The summed E-state index contributed by atoms with van der Waals surface area (Å²) in [7, 11) is 0. The molecule has 0 radical (unpaired) electrons. The highest BCUT2D eigenvalue weighted by atomic mass is 14.9. The van der Waals surface area contributed by atoms with E-state index in [-0.39, 0.29) is 0 Å². The molecule has 0 unspecified atom stereocenters. The van der Waals surface area contributed by atoms with Crippen molar-refractivity contribution in [2.24, 2.45) is 0 Å². The van der Waals surface area contributed by atoms with Crippen molar-refractivity contribution in [2.75, 3.05) is 0 Å². The van der Waals surface area contributed by atoms with Crippen LogP contribution in [-0.4, -0.2) is 11.0 Å². The summed E-state index contributed by atoms with van der Waals surface area (Å²) in [4.78, 5) is 4.15. The molecule has 1 aromatic heterocycles. The zero-order valence-corrected chi connectivity index (χ0v) is 12.1. The first-order valence-electron chi connectivity index (χ1n) is 6.78. The Morgan fingerprint density at radius 3 is 2.75 bits per heavy atom. The van der Waals surface area contributed by atoms with Crippen molar-refractivity contribution in [3.05, 3.63) is 53.3 Å². The van der Waals surface area contributed by atoms with E-state index in [1.807, 2.05) is 12.3 Å². The van der Waals surface area contributed by atoms with Gasteiger partial charge >= 0.3 is 0 Å². The molecule has 3 heteroatoms. The van der Waals surface area contributed by atoms with Crippen molar-refractivity contribution in [3.8, 4) is 17.2 Å². The highest BCUT2D eigenvalue weighted by molar-refractivity contribution is 5.68. The van der Waals surface area contributed by atoms with Gasteiger partial charge in [0.1, 0.15) is 6.07 Å². The molecular weight excluding hydrogens is 246 g/mol. The van der Waals surface area contributed by atoms with Gasteiger partial charge in [-0.25, -0.2) is 0 Å². The van der Waals surface area contributed by atoms with E-state index in [0.29, 0.717) is 11.6 Å². The monoisotopic (exact) mass is 265 g/mol. The molecule has 1 heterocycles. The molecular formula is C17H19N3. The summed E-state index contributed by atoms with van der Waals surface area (Å²) < 4.78 is 0. The van der Waals surface area contributed by atoms with Gasteiger partial charge in [-0.15, -0.1) is 0 Å². The van der Waals surface area contributed by atoms with Crippen LogP contribution in [0.4, 0.5) is 0 Å². The largest absolute Gasteiger partial charge is 0.310 e. The zero-order chi connectivity index (χ0) is 14.5. The third-order valence-electron chi connectivity index (χ3n) is 3.14. The van der Waals surface area contributed by atoms with E-state index in [2.05, 4.69) is 55.3 Å². The Morgan fingerprint density at radius 1 is 1.25 bits per heavy atom. The van der Waals surface area contributed by atoms with Crippen LogP contribution in [0.5, 0.6) is 0 Å². The molecule has 0 aliphatic carbocycles. The van der Waals surface area contributed by atoms with Gasteiger partial charge in [0.15, 0.2) is 0 Å². The Labute approximate surface area is 120 Å². The number of nitrogens with one attached hydrogen (secondary N) is 1. The van der Waals surface area contributed by atoms with Crippen LogP contribution < -0.4 is 5.32 Å². The fourth-order valence-corrected chi connectivity index (χ4v) is 2.08. The number of aryl methyl sites for hydroxylation is 1. The van der Waals surface area contributed by atoms with Crippen molar-refractivity contribution in [2.45, 2.75) is 33.4 Å². The first kappa shape index (κ1) is 14.2. The number of aromatic nitrogens is 1. The van der Waals surface area contributed by atoms with E-state index in [1.54, 1.807) is 6.20 Å². The van der Waals surface area contributed by atoms with Crippen LogP contribution in [0.3, 0.4) is 0 Å². The summed E-state index contributed by atoms with van der Waals surface area (Å²) in [6, 6.07) is 10.9. The molecule has 1 aromatic carbocycles. The van der Waals surface area contributed by atoms with Crippen LogP contribution >= 0.6 is 0 Å². The van der Waals surface area contributed by atoms with Crippen molar-refractivity contribution < 1.29 is 0 Å².